The maximum atomic E-state index is 7.04. The van der Waals surface area contributed by atoms with Crippen molar-refractivity contribution >= 4 is 65.7 Å². The lowest BCUT2D eigenvalue weighted by Gasteiger charge is -2.21. The number of furan rings is 2. The number of hydrogen-bond donors (Lipinski definition) is 0. The minimum atomic E-state index is 0.652. The van der Waals surface area contributed by atoms with Gasteiger partial charge in [0.25, 0.3) is 0 Å². The smallest absolute Gasteiger partial charge is 0.178 e. The Kier molecular flexibility index (Phi) is 7.84. The fourth-order valence-corrected chi connectivity index (χ4v) is 9.54. The third-order valence-corrected chi connectivity index (χ3v) is 12.4. The lowest BCUT2D eigenvalue weighted by Crippen LogP contribution is -2.03. The Bertz CT molecular complexity index is 3770. The van der Waals surface area contributed by atoms with Crippen LogP contribution < -0.4 is 0 Å². The highest BCUT2D eigenvalue weighted by molar-refractivity contribution is 6.27. The largest absolute Gasteiger partial charge is 0.452 e. The molecular formula is C58H35N3O2. The van der Waals surface area contributed by atoms with Crippen LogP contribution in [0.25, 0.3) is 128 Å². The minimum Gasteiger partial charge on any atom is -0.452 e. The summed E-state index contributed by atoms with van der Waals surface area (Å²) in [4.78, 5) is 10.6. The highest BCUT2D eigenvalue weighted by Gasteiger charge is 2.25. The molecule has 0 atom stereocenters. The number of rotatable bonds is 6. The summed E-state index contributed by atoms with van der Waals surface area (Å²) in [7, 11) is 0. The van der Waals surface area contributed by atoms with Crippen molar-refractivity contribution in [3.05, 3.63) is 212 Å². The van der Waals surface area contributed by atoms with E-state index in [0.717, 1.165) is 122 Å². The van der Waals surface area contributed by atoms with Gasteiger partial charge < -0.3 is 13.4 Å². The first-order valence-corrected chi connectivity index (χ1v) is 21.2. The predicted octanol–water partition coefficient (Wildman–Crippen LogP) is 15.7. The van der Waals surface area contributed by atoms with Crippen molar-refractivity contribution in [2.75, 3.05) is 0 Å². The molecule has 9 aromatic carbocycles. The van der Waals surface area contributed by atoms with Crippen molar-refractivity contribution in [3.8, 4) is 61.8 Å². The average Bonchev–Trinajstić information content (AvgIpc) is 4.04. The van der Waals surface area contributed by atoms with E-state index in [-0.39, 0.29) is 0 Å². The van der Waals surface area contributed by atoms with E-state index in [1.165, 1.54) is 0 Å². The summed E-state index contributed by atoms with van der Waals surface area (Å²) in [5.41, 5.74) is 15.4. The van der Waals surface area contributed by atoms with Gasteiger partial charge in [-0.1, -0.05) is 158 Å². The van der Waals surface area contributed by atoms with Crippen LogP contribution in [-0.2, 0) is 0 Å². The van der Waals surface area contributed by atoms with Gasteiger partial charge in [-0.15, -0.1) is 0 Å². The molecule has 0 aliphatic rings. The van der Waals surface area contributed by atoms with E-state index in [9.17, 15) is 0 Å². The zero-order chi connectivity index (χ0) is 41.4. The number of fused-ring (bicyclic) bond motifs is 11. The fourth-order valence-electron chi connectivity index (χ4n) is 9.54. The third-order valence-electron chi connectivity index (χ3n) is 12.4. The van der Waals surface area contributed by atoms with Crippen LogP contribution in [0.5, 0.6) is 0 Å². The molecule has 0 N–H and O–H groups in total. The van der Waals surface area contributed by atoms with Crippen molar-refractivity contribution in [2.45, 2.75) is 0 Å². The number of hydrogen-bond acceptors (Lipinski definition) is 4. The molecular weight excluding hydrogens is 771 g/mol. The predicted molar refractivity (Wildman–Crippen MR) is 258 cm³/mol. The zero-order valence-corrected chi connectivity index (χ0v) is 33.9. The molecule has 0 amide bonds. The summed E-state index contributed by atoms with van der Waals surface area (Å²) in [6, 6.07) is 74.4. The minimum absolute atomic E-state index is 0.652. The topological polar surface area (TPSA) is 57.0 Å². The molecule has 0 aliphatic carbocycles. The molecule has 294 valence electrons. The zero-order valence-electron chi connectivity index (χ0n) is 33.9. The van der Waals surface area contributed by atoms with E-state index in [0.29, 0.717) is 5.82 Å². The Morgan fingerprint density at radius 2 is 0.810 bits per heavy atom. The molecule has 5 nitrogen and oxygen atoms in total. The van der Waals surface area contributed by atoms with Gasteiger partial charge in [-0.05, 0) is 65.7 Å². The van der Waals surface area contributed by atoms with Gasteiger partial charge in [-0.3, -0.25) is 0 Å². The summed E-state index contributed by atoms with van der Waals surface area (Å²) >= 11 is 0. The van der Waals surface area contributed by atoms with Gasteiger partial charge in [-0.2, -0.15) is 0 Å². The Labute approximate surface area is 361 Å². The van der Waals surface area contributed by atoms with Crippen molar-refractivity contribution < 1.29 is 8.83 Å². The molecule has 5 heteroatoms. The van der Waals surface area contributed by atoms with Crippen molar-refractivity contribution in [1.82, 2.24) is 14.5 Å². The first-order chi connectivity index (χ1) is 31.2. The summed E-state index contributed by atoms with van der Waals surface area (Å²) in [5.74, 6) is 0.652. The molecule has 0 radical (unpaired) electrons. The molecule has 0 aliphatic heterocycles. The number of benzene rings is 9. The van der Waals surface area contributed by atoms with Gasteiger partial charge in [0.05, 0.1) is 33.5 Å². The molecule has 0 spiro atoms. The van der Waals surface area contributed by atoms with E-state index in [1.807, 2.05) is 24.3 Å². The SMILES string of the molecule is c1ccc(-c2cc(-c3ccccc3)nc(-c3cc(-c4ccccc4)c(-n4c5ccccc5c5c6oc7c(ccc8c9ccccc9oc87)c6ccc54)c(-c4ccccc4)c3)n2)cc1. The molecule has 13 aromatic rings. The molecule has 0 saturated heterocycles. The highest BCUT2D eigenvalue weighted by atomic mass is 16.4. The van der Waals surface area contributed by atoms with Crippen molar-refractivity contribution in [1.29, 1.82) is 0 Å². The third kappa shape index (κ3) is 5.57. The molecule has 63 heavy (non-hydrogen) atoms. The normalized spacial score (nSPS) is 11.8. The quantitative estimate of drug-likeness (QED) is 0.168. The van der Waals surface area contributed by atoms with E-state index >= 15 is 0 Å². The Morgan fingerprint density at radius 1 is 0.333 bits per heavy atom. The van der Waals surface area contributed by atoms with Gasteiger partial charge >= 0.3 is 0 Å². The second kappa shape index (κ2) is 14.0. The highest BCUT2D eigenvalue weighted by Crippen LogP contribution is 2.47. The number of para-hydroxylation sites is 2. The van der Waals surface area contributed by atoms with Crippen molar-refractivity contribution in [2.24, 2.45) is 0 Å². The van der Waals surface area contributed by atoms with Crippen LogP contribution in [0.15, 0.2) is 221 Å². The van der Waals surface area contributed by atoms with Crippen LogP contribution in [0.4, 0.5) is 0 Å². The molecule has 4 heterocycles. The first-order valence-electron chi connectivity index (χ1n) is 21.2. The van der Waals surface area contributed by atoms with E-state index in [4.69, 9.17) is 18.8 Å². The summed E-state index contributed by atoms with van der Waals surface area (Å²) in [5, 5.41) is 6.36. The maximum absolute atomic E-state index is 7.04. The molecule has 0 bridgehead atoms. The van der Waals surface area contributed by atoms with Gasteiger partial charge in [0, 0.05) is 54.7 Å². The summed E-state index contributed by atoms with van der Waals surface area (Å²) in [6.07, 6.45) is 0. The molecule has 0 fully saturated rings. The fraction of sp³-hybridized carbons (Fsp3) is 0. The molecule has 0 unspecified atom stereocenters. The maximum Gasteiger partial charge on any atom is 0.178 e. The van der Waals surface area contributed by atoms with E-state index in [1.54, 1.807) is 0 Å². The molecule has 0 saturated carbocycles. The number of aromatic nitrogens is 3. The lowest BCUT2D eigenvalue weighted by atomic mass is 9.92. The monoisotopic (exact) mass is 805 g/mol. The van der Waals surface area contributed by atoms with Gasteiger partial charge in [0.2, 0.25) is 0 Å². The van der Waals surface area contributed by atoms with Crippen LogP contribution in [0.2, 0.25) is 0 Å². The first kappa shape index (κ1) is 35.2. The Morgan fingerprint density at radius 3 is 1.43 bits per heavy atom. The standard InChI is InChI=1S/C58H35N3O2/c1-5-17-36(18-6-1)46-33-40(58-59-48(38-21-9-3-10-22-38)35-49(60-58)39-23-11-4-12-24-39)34-47(37-19-7-2-8-20-37)54(46)61-50-27-15-13-26-45(50)53-51(61)32-31-43-44-30-29-42-41-25-14-16-28-52(41)62-56(42)57(44)63-55(43)53/h1-35H. The van der Waals surface area contributed by atoms with Crippen LogP contribution in [0, 0.1) is 0 Å². The van der Waals surface area contributed by atoms with Gasteiger partial charge in [-0.25, -0.2) is 9.97 Å². The van der Waals surface area contributed by atoms with Gasteiger partial charge in [0.1, 0.15) is 11.2 Å². The average molecular weight is 806 g/mol. The Hall–Kier alpha value is -8.54. The number of nitrogens with zero attached hydrogens (tertiary/aromatic N) is 3. The van der Waals surface area contributed by atoms with E-state index in [2.05, 4.69) is 193 Å². The summed E-state index contributed by atoms with van der Waals surface area (Å²) < 4.78 is 16.0. The lowest BCUT2D eigenvalue weighted by molar-refractivity contribution is 0.635. The molecule has 4 aromatic heterocycles. The van der Waals surface area contributed by atoms with Crippen LogP contribution in [0.1, 0.15) is 0 Å². The second-order valence-electron chi connectivity index (χ2n) is 16.1. The molecule has 13 rings (SSSR count). The summed E-state index contributed by atoms with van der Waals surface area (Å²) in [6.45, 7) is 0. The van der Waals surface area contributed by atoms with E-state index < -0.39 is 0 Å². The second-order valence-corrected chi connectivity index (χ2v) is 16.1. The van der Waals surface area contributed by atoms with Crippen LogP contribution in [-0.4, -0.2) is 14.5 Å². The van der Waals surface area contributed by atoms with Crippen LogP contribution >= 0.6 is 0 Å². The Balaban J connectivity index is 1.13. The van der Waals surface area contributed by atoms with Gasteiger partial charge in [0.15, 0.2) is 17.0 Å². The van der Waals surface area contributed by atoms with Crippen molar-refractivity contribution in [3.63, 3.8) is 0 Å². The van der Waals surface area contributed by atoms with Crippen LogP contribution in [0.3, 0.4) is 0 Å².